The molecule has 0 spiro atoms. The van der Waals surface area contributed by atoms with Gasteiger partial charge in [0.25, 0.3) is 17.7 Å². The highest BCUT2D eigenvalue weighted by Gasteiger charge is 2.62. The van der Waals surface area contributed by atoms with Crippen LogP contribution in [-0.2, 0) is 33.4 Å². The molecule has 11 nitrogen and oxygen atoms in total. The Kier molecular flexibility index (Phi) is 6.78. The normalized spacial score (nSPS) is 23.7. The summed E-state index contributed by atoms with van der Waals surface area (Å²) in [4.78, 5) is 39.8. The topological polar surface area (TPSA) is 149 Å². The molecule has 3 amide bonds. The van der Waals surface area contributed by atoms with Crippen molar-refractivity contribution in [3.8, 4) is 5.75 Å². The van der Waals surface area contributed by atoms with Crippen molar-refractivity contribution in [3.05, 3.63) is 58.7 Å². The Hall–Kier alpha value is -2.92. The molecule has 2 aromatic carbocycles. The quantitative estimate of drug-likeness (QED) is 0.216. The number of rotatable bonds is 6. The van der Waals surface area contributed by atoms with Gasteiger partial charge in [0.2, 0.25) is 11.6 Å². The third-order valence-corrected chi connectivity index (χ3v) is 7.70. The number of benzene rings is 2. The second-order valence-corrected chi connectivity index (χ2v) is 9.89. The molecule has 196 valence electrons. The van der Waals surface area contributed by atoms with E-state index in [1.54, 1.807) is 0 Å². The van der Waals surface area contributed by atoms with Gasteiger partial charge in [-0.15, -0.1) is 9.24 Å². The lowest BCUT2D eigenvalue weighted by Gasteiger charge is -2.42. The molecule has 2 saturated heterocycles. The van der Waals surface area contributed by atoms with Gasteiger partial charge in [-0.1, -0.05) is 24.3 Å². The number of aliphatic hydroxyl groups is 3. The van der Waals surface area contributed by atoms with E-state index in [4.69, 9.17) is 9.47 Å². The average Bonchev–Trinajstić information content (AvgIpc) is 3.09. The number of morpholine rings is 1. The highest BCUT2D eigenvalue weighted by Crippen LogP contribution is 2.45. The largest absolute Gasteiger partial charge is 0.488 e. The fourth-order valence-electron chi connectivity index (χ4n) is 4.96. The van der Waals surface area contributed by atoms with Crippen LogP contribution in [0.4, 0.5) is 0 Å². The van der Waals surface area contributed by atoms with E-state index in [0.29, 0.717) is 18.1 Å². The van der Waals surface area contributed by atoms with Crippen LogP contribution in [0.25, 0.3) is 0 Å². The van der Waals surface area contributed by atoms with Crippen molar-refractivity contribution in [1.29, 1.82) is 0 Å². The van der Waals surface area contributed by atoms with Gasteiger partial charge in [-0.05, 0) is 28.6 Å². The molecular weight excluding hydrogens is 501 g/mol. The van der Waals surface area contributed by atoms with E-state index in [1.807, 2.05) is 23.5 Å². The molecule has 0 radical (unpaired) electrons. The molecule has 0 saturated carbocycles. The minimum Gasteiger partial charge on any atom is -0.488 e. The lowest BCUT2D eigenvalue weighted by Crippen LogP contribution is -2.67. The number of ether oxygens (including phenoxy) is 2. The third kappa shape index (κ3) is 4.52. The van der Waals surface area contributed by atoms with Gasteiger partial charge in [-0.25, -0.2) is 4.90 Å². The van der Waals surface area contributed by atoms with Gasteiger partial charge in [-0.3, -0.25) is 24.6 Å². The van der Waals surface area contributed by atoms with E-state index in [9.17, 15) is 29.7 Å². The second-order valence-electron chi connectivity index (χ2n) is 9.32. The first-order chi connectivity index (χ1) is 17.6. The van der Waals surface area contributed by atoms with Crippen LogP contribution in [0, 0.1) is 0 Å². The summed E-state index contributed by atoms with van der Waals surface area (Å²) in [7, 11) is 2.73. The minimum absolute atomic E-state index is 0.0113. The number of piperidine rings is 1. The number of hydrogen-bond donors (Lipinski definition) is 4. The Morgan fingerprint density at radius 2 is 1.73 bits per heavy atom. The number of nitrogens with one attached hydrogen (secondary N) is 1. The van der Waals surface area contributed by atoms with Gasteiger partial charge >= 0.3 is 0 Å². The van der Waals surface area contributed by atoms with Crippen molar-refractivity contribution in [2.24, 2.45) is 0 Å². The minimum atomic E-state index is -3.06. The molecule has 3 heterocycles. The number of imide groups is 1. The number of fused-ring (bicyclic) bond motifs is 1. The van der Waals surface area contributed by atoms with E-state index < -0.39 is 35.8 Å². The second kappa shape index (κ2) is 9.75. The molecule has 12 heteroatoms. The number of amides is 3. The average molecular weight is 529 g/mol. The Balaban J connectivity index is 1.40. The molecule has 37 heavy (non-hydrogen) atoms. The van der Waals surface area contributed by atoms with Gasteiger partial charge < -0.3 is 24.8 Å². The summed E-state index contributed by atoms with van der Waals surface area (Å²) in [5.74, 6) is -5.86. The highest BCUT2D eigenvalue weighted by atomic mass is 31.0. The summed E-state index contributed by atoms with van der Waals surface area (Å²) >= 11 is 0. The molecule has 2 aromatic rings. The molecule has 4 N–H and O–H groups in total. The predicted molar refractivity (Wildman–Crippen MR) is 132 cm³/mol. The number of hydrogen-bond acceptors (Lipinski definition) is 9. The first-order valence-electron chi connectivity index (χ1n) is 11.9. The van der Waals surface area contributed by atoms with Gasteiger partial charge in [0.05, 0.1) is 24.3 Å². The summed E-state index contributed by atoms with van der Waals surface area (Å²) in [6, 6.07) is 10.2. The fourth-order valence-corrected chi connectivity index (χ4v) is 5.33. The number of nitrogens with zero attached hydrogens (tertiary/aromatic N) is 2. The summed E-state index contributed by atoms with van der Waals surface area (Å²) in [6.45, 7) is 3.90. The van der Waals surface area contributed by atoms with Crippen LogP contribution in [0.5, 0.6) is 5.75 Å². The molecule has 2 unspecified atom stereocenters. The molecule has 2 atom stereocenters. The standard InChI is InChI=1S/C25H28N3O8P/c29-19-7-8-24(32,23(31)26-19)28-22(30)17-5-2-6-18(20(17)25(28,33)34)36-14-16-4-1-3-15(21(16)37)13-27-9-11-35-12-10-27/h1-6,32-34H,7-14,37H2,(H,26,29,31). The van der Waals surface area contributed by atoms with Crippen LogP contribution in [0.1, 0.15) is 39.9 Å². The third-order valence-electron chi connectivity index (χ3n) is 6.96. The maximum atomic E-state index is 13.2. The van der Waals surface area contributed by atoms with Crippen LogP contribution in [-0.4, -0.2) is 74.9 Å². The van der Waals surface area contributed by atoms with Crippen molar-refractivity contribution in [3.63, 3.8) is 0 Å². The monoisotopic (exact) mass is 529 g/mol. The molecule has 0 bridgehead atoms. The maximum Gasteiger partial charge on any atom is 0.284 e. The van der Waals surface area contributed by atoms with Crippen LogP contribution in [0.2, 0.25) is 0 Å². The number of carbonyl (C=O) groups is 3. The Morgan fingerprint density at radius 1 is 1.03 bits per heavy atom. The Labute approximate surface area is 215 Å². The zero-order chi connectivity index (χ0) is 26.4. The first-order valence-corrected chi connectivity index (χ1v) is 12.5. The van der Waals surface area contributed by atoms with Crippen molar-refractivity contribution in [1.82, 2.24) is 15.1 Å². The molecular formula is C25H28N3O8P. The summed E-state index contributed by atoms with van der Waals surface area (Å²) in [6.07, 6.45) is -0.762. The van der Waals surface area contributed by atoms with Crippen molar-refractivity contribution < 1.29 is 39.2 Å². The molecule has 3 aliphatic heterocycles. The van der Waals surface area contributed by atoms with Crippen LogP contribution in [0.3, 0.4) is 0 Å². The fraction of sp³-hybridized carbons (Fsp3) is 0.400. The van der Waals surface area contributed by atoms with Gasteiger partial charge in [0.15, 0.2) is 0 Å². The van der Waals surface area contributed by atoms with Crippen LogP contribution in [0.15, 0.2) is 36.4 Å². The van der Waals surface area contributed by atoms with Crippen molar-refractivity contribution in [2.75, 3.05) is 26.3 Å². The van der Waals surface area contributed by atoms with Crippen LogP contribution >= 0.6 is 9.24 Å². The van der Waals surface area contributed by atoms with Crippen molar-refractivity contribution >= 4 is 32.3 Å². The Morgan fingerprint density at radius 3 is 2.46 bits per heavy atom. The number of carbonyl (C=O) groups excluding carboxylic acids is 3. The SMILES string of the molecule is O=C1CCC(O)(N2C(=O)c3cccc(OCc4cccc(CN5CCOCC5)c4P)c3C2(O)O)C(=O)N1. The highest BCUT2D eigenvalue weighted by molar-refractivity contribution is 7.27. The maximum absolute atomic E-state index is 13.2. The predicted octanol–water partition coefficient (Wildman–Crippen LogP) is -0.726. The zero-order valence-corrected chi connectivity index (χ0v) is 21.1. The molecule has 0 aromatic heterocycles. The zero-order valence-electron chi connectivity index (χ0n) is 20.0. The Bertz CT molecular complexity index is 1260. The van der Waals surface area contributed by atoms with E-state index in [0.717, 1.165) is 36.1 Å². The van der Waals surface area contributed by atoms with Gasteiger partial charge in [0, 0.05) is 32.5 Å². The van der Waals surface area contributed by atoms with E-state index in [-0.39, 0.29) is 29.9 Å². The van der Waals surface area contributed by atoms with Crippen molar-refractivity contribution in [2.45, 2.75) is 37.6 Å². The molecule has 0 aliphatic carbocycles. The van der Waals surface area contributed by atoms with Gasteiger partial charge in [-0.2, -0.15) is 0 Å². The first kappa shape index (κ1) is 25.7. The van der Waals surface area contributed by atoms with E-state index in [2.05, 4.69) is 14.1 Å². The van der Waals surface area contributed by atoms with Crippen LogP contribution < -0.4 is 15.4 Å². The van der Waals surface area contributed by atoms with E-state index >= 15 is 0 Å². The molecule has 3 aliphatic rings. The van der Waals surface area contributed by atoms with E-state index in [1.165, 1.54) is 18.2 Å². The lowest BCUT2D eigenvalue weighted by atomic mass is 9.99. The summed E-state index contributed by atoms with van der Waals surface area (Å²) in [5, 5.41) is 36.0. The smallest absolute Gasteiger partial charge is 0.284 e. The lowest BCUT2D eigenvalue weighted by molar-refractivity contribution is -0.303. The summed E-state index contributed by atoms with van der Waals surface area (Å²) in [5.41, 5.74) is -1.10. The summed E-state index contributed by atoms with van der Waals surface area (Å²) < 4.78 is 11.4. The van der Waals surface area contributed by atoms with Gasteiger partial charge in [0.1, 0.15) is 12.4 Å². The molecule has 2 fully saturated rings. The molecule has 5 rings (SSSR count).